The van der Waals surface area contributed by atoms with E-state index in [4.69, 9.17) is 11.8 Å². The highest BCUT2D eigenvalue weighted by Crippen LogP contribution is 2.44. The molecule has 0 spiro atoms. The topological polar surface area (TPSA) is 45.0 Å². The summed E-state index contributed by atoms with van der Waals surface area (Å²) in [6.45, 7) is 0. The molecule has 0 aliphatic carbocycles. The van der Waals surface area contributed by atoms with Gasteiger partial charge in [0.2, 0.25) is 0 Å². The Bertz CT molecular complexity index is 1140. The van der Waals surface area contributed by atoms with Crippen molar-refractivity contribution in [2.75, 3.05) is 0 Å². The van der Waals surface area contributed by atoms with Gasteiger partial charge in [0.25, 0.3) is 0 Å². The van der Waals surface area contributed by atoms with Crippen LogP contribution in [0.5, 0.6) is 5.75 Å². The summed E-state index contributed by atoms with van der Waals surface area (Å²) in [7, 11) is 0. The summed E-state index contributed by atoms with van der Waals surface area (Å²) in [6.07, 6.45) is 0. The van der Waals surface area contributed by atoms with Crippen LogP contribution in [0.1, 0.15) is 0 Å². The van der Waals surface area contributed by atoms with Gasteiger partial charge in [-0.3, -0.25) is 0 Å². The molecular formula is C24H19N2OPS. The van der Waals surface area contributed by atoms with Crippen LogP contribution in [-0.4, -0.2) is 5.11 Å². The van der Waals surface area contributed by atoms with Gasteiger partial charge < -0.3 is 5.11 Å². The lowest BCUT2D eigenvalue weighted by molar-refractivity contribution is 0.476. The predicted molar refractivity (Wildman–Crippen MR) is 125 cm³/mol. The molecule has 0 saturated carbocycles. The first kappa shape index (κ1) is 19.3. The summed E-state index contributed by atoms with van der Waals surface area (Å²) in [5.41, 5.74) is 1.13. The van der Waals surface area contributed by atoms with E-state index in [0.717, 1.165) is 21.6 Å². The fourth-order valence-corrected chi connectivity index (χ4v) is 6.86. The van der Waals surface area contributed by atoms with E-state index < -0.39 is 6.04 Å². The van der Waals surface area contributed by atoms with Crippen molar-refractivity contribution in [3.8, 4) is 5.75 Å². The Kier molecular flexibility index (Phi) is 5.66. The first-order chi connectivity index (χ1) is 14.2. The van der Waals surface area contributed by atoms with Gasteiger partial charge in [-0.15, -0.1) is 5.11 Å². The molecule has 0 fully saturated rings. The second kappa shape index (κ2) is 8.52. The first-order valence-electron chi connectivity index (χ1n) is 9.19. The van der Waals surface area contributed by atoms with Crippen molar-refractivity contribution in [1.29, 1.82) is 0 Å². The largest absolute Gasteiger partial charge is 0.506 e. The van der Waals surface area contributed by atoms with Gasteiger partial charge >= 0.3 is 0 Å². The Hall–Kier alpha value is -3.07. The maximum atomic E-state index is 10.3. The summed E-state index contributed by atoms with van der Waals surface area (Å²) < 4.78 is 0. The average Bonchev–Trinajstić information content (AvgIpc) is 2.80. The van der Waals surface area contributed by atoms with Crippen LogP contribution in [0.4, 0.5) is 11.4 Å². The second-order valence-corrected chi connectivity index (χ2v) is 10.9. The molecular weight excluding hydrogens is 395 g/mol. The lowest BCUT2D eigenvalue weighted by Crippen LogP contribution is -2.24. The summed E-state index contributed by atoms with van der Waals surface area (Å²) in [4.78, 5) is 0. The summed E-state index contributed by atoms with van der Waals surface area (Å²) in [5.74, 6) is 0.0797. The van der Waals surface area contributed by atoms with Crippen LogP contribution in [0.15, 0.2) is 119 Å². The maximum Gasteiger partial charge on any atom is 0.143 e. The smallest absolute Gasteiger partial charge is 0.143 e. The number of azo groups is 1. The van der Waals surface area contributed by atoms with Gasteiger partial charge in [0, 0.05) is 6.04 Å². The number of aromatic hydroxyl groups is 1. The number of hydrogen-bond acceptors (Lipinski definition) is 4. The number of phenolic OH excluding ortho intramolecular Hbond substituents is 1. The highest BCUT2D eigenvalue weighted by atomic mass is 32.4. The molecule has 0 saturated heterocycles. The Morgan fingerprint density at radius 2 is 1.10 bits per heavy atom. The Labute approximate surface area is 175 Å². The fraction of sp³-hybridized carbons (Fsp3) is 0. The minimum Gasteiger partial charge on any atom is -0.506 e. The van der Waals surface area contributed by atoms with Crippen LogP contribution in [0.3, 0.4) is 0 Å². The van der Waals surface area contributed by atoms with Crippen LogP contribution >= 0.6 is 6.04 Å². The molecule has 3 nitrogen and oxygen atoms in total. The molecule has 0 aliphatic rings. The molecule has 1 N–H and O–H groups in total. The summed E-state index contributed by atoms with van der Waals surface area (Å²) in [5, 5.41) is 22.0. The number of hydrogen-bond donors (Lipinski definition) is 1. The quantitative estimate of drug-likeness (QED) is 0.343. The molecule has 4 rings (SSSR count). The van der Waals surface area contributed by atoms with Gasteiger partial charge in [-0.1, -0.05) is 90.7 Å². The lowest BCUT2D eigenvalue weighted by Gasteiger charge is -2.24. The molecule has 0 aliphatic heterocycles. The number of phenols is 1. The van der Waals surface area contributed by atoms with E-state index >= 15 is 0 Å². The molecule has 0 atom stereocenters. The zero-order valence-electron chi connectivity index (χ0n) is 15.6. The summed E-state index contributed by atoms with van der Waals surface area (Å²) >= 11 is 6.34. The van der Waals surface area contributed by atoms with Crippen molar-refractivity contribution in [3.63, 3.8) is 0 Å². The molecule has 5 heteroatoms. The molecule has 29 heavy (non-hydrogen) atoms. The van der Waals surface area contributed by atoms with E-state index in [1.807, 2.05) is 78.9 Å². The zero-order valence-corrected chi connectivity index (χ0v) is 17.3. The molecule has 4 aromatic rings. The summed E-state index contributed by atoms with van der Waals surface area (Å²) in [6, 6.07) is 32.9. The Morgan fingerprint density at radius 3 is 1.66 bits per heavy atom. The van der Waals surface area contributed by atoms with Crippen molar-refractivity contribution >= 4 is 45.1 Å². The van der Waals surface area contributed by atoms with Gasteiger partial charge in [-0.2, -0.15) is 5.11 Å². The normalized spacial score (nSPS) is 11.6. The number of benzene rings is 4. The molecule has 0 heterocycles. The zero-order chi connectivity index (χ0) is 20.1. The fourth-order valence-electron chi connectivity index (χ4n) is 3.12. The van der Waals surface area contributed by atoms with Gasteiger partial charge in [-0.25, -0.2) is 0 Å². The molecule has 142 valence electrons. The van der Waals surface area contributed by atoms with E-state index in [0.29, 0.717) is 5.69 Å². The van der Waals surface area contributed by atoms with Gasteiger partial charge in [0.05, 0.1) is 5.69 Å². The van der Waals surface area contributed by atoms with Crippen LogP contribution in [0, 0.1) is 0 Å². The third-order valence-electron chi connectivity index (χ3n) is 4.59. The standard InChI is InChI=1S/C24H19N2OPS/c27-24-17-16-22(18-23(24)26-25-19-10-4-1-5-11-19)28(29,20-12-6-2-7-13-20)21-14-8-3-9-15-21/h1-18,27H. The molecule has 0 aromatic heterocycles. The third-order valence-corrected chi connectivity index (χ3v) is 9.55. The van der Waals surface area contributed by atoms with Crippen LogP contribution in [0.2, 0.25) is 0 Å². The van der Waals surface area contributed by atoms with Crippen molar-refractivity contribution < 1.29 is 5.11 Å². The first-order valence-corrected chi connectivity index (χ1v) is 12.0. The minimum atomic E-state index is -2.30. The Morgan fingerprint density at radius 1 is 0.586 bits per heavy atom. The monoisotopic (exact) mass is 414 g/mol. The van der Waals surface area contributed by atoms with E-state index in [1.54, 1.807) is 6.07 Å². The van der Waals surface area contributed by atoms with Crippen molar-refractivity contribution in [3.05, 3.63) is 109 Å². The number of rotatable bonds is 5. The van der Waals surface area contributed by atoms with Gasteiger partial charge in [0.1, 0.15) is 11.4 Å². The van der Waals surface area contributed by atoms with Crippen LogP contribution in [-0.2, 0) is 11.8 Å². The molecule has 0 radical (unpaired) electrons. The maximum absolute atomic E-state index is 10.3. The number of nitrogens with zero attached hydrogens (tertiary/aromatic N) is 2. The van der Waals surface area contributed by atoms with E-state index in [9.17, 15) is 5.11 Å². The molecule has 0 bridgehead atoms. The minimum absolute atomic E-state index is 0.0797. The lowest BCUT2D eigenvalue weighted by atomic mass is 10.3. The third kappa shape index (κ3) is 4.04. The average molecular weight is 414 g/mol. The highest BCUT2D eigenvalue weighted by molar-refractivity contribution is 8.25. The SMILES string of the molecule is Oc1ccc(P(=S)(c2ccccc2)c2ccccc2)cc1N=Nc1ccccc1. The molecule has 4 aromatic carbocycles. The molecule has 0 unspecified atom stereocenters. The van der Waals surface area contributed by atoms with Crippen molar-refractivity contribution in [1.82, 2.24) is 0 Å². The van der Waals surface area contributed by atoms with Crippen LogP contribution in [0.25, 0.3) is 0 Å². The highest BCUT2D eigenvalue weighted by Gasteiger charge is 2.25. The van der Waals surface area contributed by atoms with Gasteiger partial charge in [0.15, 0.2) is 0 Å². The second-order valence-electron chi connectivity index (χ2n) is 6.49. The van der Waals surface area contributed by atoms with Crippen molar-refractivity contribution in [2.24, 2.45) is 10.2 Å². The Balaban J connectivity index is 1.84. The van der Waals surface area contributed by atoms with Crippen molar-refractivity contribution in [2.45, 2.75) is 0 Å². The van der Waals surface area contributed by atoms with E-state index in [1.165, 1.54) is 0 Å². The van der Waals surface area contributed by atoms with Crippen LogP contribution < -0.4 is 15.9 Å². The van der Waals surface area contributed by atoms with E-state index in [2.05, 4.69) is 34.5 Å². The van der Waals surface area contributed by atoms with E-state index in [-0.39, 0.29) is 5.75 Å². The van der Waals surface area contributed by atoms with Gasteiger partial charge in [-0.05, 0) is 46.2 Å². The predicted octanol–water partition coefficient (Wildman–Crippen LogP) is 5.56. The molecule has 0 amide bonds.